The molecule has 0 heterocycles. The number of benzene rings is 4. The Bertz CT molecular complexity index is 1560. The van der Waals surface area contributed by atoms with E-state index < -0.39 is 0 Å². The first kappa shape index (κ1) is 30.4. The average Bonchev–Trinajstić information content (AvgIpc) is 2.93. The Morgan fingerprint density at radius 3 is 1.40 bits per heavy atom. The van der Waals surface area contributed by atoms with Crippen LogP contribution in [0.4, 0.5) is 11.4 Å². The predicted molar refractivity (Wildman–Crippen MR) is 170 cm³/mol. The molecule has 2 N–H and O–H groups in total. The lowest BCUT2D eigenvalue weighted by Gasteiger charge is -2.29. The summed E-state index contributed by atoms with van der Waals surface area (Å²) in [6.45, 7) is 14.2. The minimum Gasteiger partial charge on any atom is -0.457 e. The van der Waals surface area contributed by atoms with E-state index in [1.807, 2.05) is 43.4 Å². The van der Waals surface area contributed by atoms with E-state index in [1.165, 1.54) is 18.1 Å². The summed E-state index contributed by atoms with van der Waals surface area (Å²) in [4.78, 5) is 23.0. The summed E-state index contributed by atoms with van der Waals surface area (Å²) in [5.41, 5.74) is 8.07. The van der Waals surface area contributed by atoms with Crippen LogP contribution in [0.25, 0.3) is 0 Å². The SMILES string of the molecule is CNc1ccc(Oc2c(C)cc(C(C)(C)c3cc(C)c(Oc4ccc(NC(=O)CC(C)=O)cc4)c(C)c3)cc2C)cc1. The van der Waals surface area contributed by atoms with E-state index >= 15 is 0 Å². The van der Waals surface area contributed by atoms with Crippen LogP contribution in [-0.2, 0) is 15.0 Å². The van der Waals surface area contributed by atoms with Crippen molar-refractivity contribution >= 4 is 23.1 Å². The van der Waals surface area contributed by atoms with Crippen molar-refractivity contribution in [1.82, 2.24) is 0 Å². The molecule has 0 unspecified atom stereocenters. The molecule has 4 aromatic carbocycles. The summed E-state index contributed by atoms with van der Waals surface area (Å²) in [6.07, 6.45) is -0.137. The molecule has 0 aliphatic carbocycles. The number of rotatable bonds is 10. The molecule has 0 aliphatic heterocycles. The van der Waals surface area contributed by atoms with Crippen LogP contribution < -0.4 is 20.1 Å². The zero-order chi connectivity index (χ0) is 30.6. The van der Waals surface area contributed by atoms with Crippen LogP contribution in [0, 0.1) is 27.7 Å². The molecule has 0 fully saturated rings. The van der Waals surface area contributed by atoms with Crippen LogP contribution in [0.2, 0.25) is 0 Å². The molecule has 4 aromatic rings. The Balaban J connectivity index is 1.53. The van der Waals surface area contributed by atoms with Gasteiger partial charge in [0.2, 0.25) is 5.91 Å². The molecule has 42 heavy (non-hydrogen) atoms. The second-order valence-electron chi connectivity index (χ2n) is 11.4. The van der Waals surface area contributed by atoms with Gasteiger partial charge in [0.15, 0.2) is 0 Å². The van der Waals surface area contributed by atoms with Gasteiger partial charge in [-0.05, 0) is 117 Å². The lowest BCUT2D eigenvalue weighted by molar-refractivity contribution is -0.124. The highest BCUT2D eigenvalue weighted by molar-refractivity contribution is 6.03. The van der Waals surface area contributed by atoms with Crippen molar-refractivity contribution in [2.75, 3.05) is 17.7 Å². The number of carbonyl (C=O) groups excluding carboxylic acids is 2. The van der Waals surface area contributed by atoms with Crippen LogP contribution in [0.1, 0.15) is 60.6 Å². The van der Waals surface area contributed by atoms with Gasteiger partial charge in [0.05, 0.1) is 6.42 Å². The van der Waals surface area contributed by atoms with Gasteiger partial charge in [-0.2, -0.15) is 0 Å². The summed E-state index contributed by atoms with van der Waals surface area (Å²) in [5, 5.41) is 5.86. The van der Waals surface area contributed by atoms with Crippen LogP contribution in [0.3, 0.4) is 0 Å². The molecule has 0 radical (unpaired) electrons. The number of ketones is 1. The van der Waals surface area contributed by atoms with Crippen LogP contribution in [-0.4, -0.2) is 18.7 Å². The zero-order valence-electron chi connectivity index (χ0n) is 25.8. The molecule has 0 aliphatic rings. The maximum atomic E-state index is 11.9. The highest BCUT2D eigenvalue weighted by Crippen LogP contribution is 2.40. The Morgan fingerprint density at radius 1 is 0.667 bits per heavy atom. The van der Waals surface area contributed by atoms with Gasteiger partial charge in [-0.3, -0.25) is 9.59 Å². The number of hydrogen-bond donors (Lipinski definition) is 2. The van der Waals surface area contributed by atoms with Gasteiger partial charge in [-0.25, -0.2) is 0 Å². The van der Waals surface area contributed by atoms with E-state index in [4.69, 9.17) is 9.47 Å². The summed E-state index contributed by atoms with van der Waals surface area (Å²) in [5.74, 6) is 2.67. The number of ether oxygens (including phenoxy) is 2. The van der Waals surface area contributed by atoms with E-state index in [9.17, 15) is 9.59 Å². The lowest BCUT2D eigenvalue weighted by atomic mass is 9.76. The van der Waals surface area contributed by atoms with E-state index in [0.717, 1.165) is 45.2 Å². The highest BCUT2D eigenvalue weighted by atomic mass is 16.5. The molecule has 1 amide bonds. The maximum Gasteiger partial charge on any atom is 0.231 e. The number of aryl methyl sites for hydroxylation is 4. The Hall–Kier alpha value is -4.58. The number of carbonyl (C=O) groups is 2. The number of hydrogen-bond acceptors (Lipinski definition) is 5. The summed E-state index contributed by atoms with van der Waals surface area (Å²) in [7, 11) is 1.90. The largest absolute Gasteiger partial charge is 0.457 e. The Kier molecular flexibility index (Phi) is 9.05. The van der Waals surface area contributed by atoms with Crippen LogP contribution in [0.15, 0.2) is 72.8 Å². The monoisotopic (exact) mass is 564 g/mol. The fraction of sp³-hybridized carbons (Fsp3) is 0.278. The molecule has 0 atom stereocenters. The van der Waals surface area contributed by atoms with E-state index in [0.29, 0.717) is 11.4 Å². The smallest absolute Gasteiger partial charge is 0.231 e. The number of anilines is 2. The molecule has 0 saturated carbocycles. The van der Waals surface area contributed by atoms with Gasteiger partial charge >= 0.3 is 0 Å². The molecule has 4 rings (SSSR count). The summed E-state index contributed by atoms with van der Waals surface area (Å²) < 4.78 is 12.6. The molecule has 218 valence electrons. The second-order valence-corrected chi connectivity index (χ2v) is 11.4. The normalized spacial score (nSPS) is 11.1. The third-order valence-corrected chi connectivity index (χ3v) is 7.49. The molecular formula is C36H40N2O4. The zero-order valence-corrected chi connectivity index (χ0v) is 25.8. The molecule has 0 saturated heterocycles. The first-order chi connectivity index (χ1) is 19.9. The van der Waals surface area contributed by atoms with E-state index in [-0.39, 0.29) is 23.5 Å². The first-order valence-electron chi connectivity index (χ1n) is 14.1. The average molecular weight is 565 g/mol. The third-order valence-electron chi connectivity index (χ3n) is 7.49. The number of Topliss-reactive ketones (excluding diaryl/α,β-unsaturated/α-hetero) is 1. The van der Waals surface area contributed by atoms with Crippen LogP contribution in [0.5, 0.6) is 23.0 Å². The van der Waals surface area contributed by atoms with Crippen molar-refractivity contribution in [1.29, 1.82) is 0 Å². The number of nitrogens with one attached hydrogen (secondary N) is 2. The molecule has 0 aromatic heterocycles. The minimum atomic E-state index is -0.326. The van der Waals surface area contributed by atoms with Crippen molar-refractivity contribution in [2.24, 2.45) is 0 Å². The fourth-order valence-electron chi connectivity index (χ4n) is 5.07. The van der Waals surface area contributed by atoms with Crippen molar-refractivity contribution in [3.8, 4) is 23.0 Å². The predicted octanol–water partition coefficient (Wildman–Crippen LogP) is 8.79. The van der Waals surface area contributed by atoms with E-state index in [1.54, 1.807) is 12.1 Å². The molecule has 0 spiro atoms. The lowest BCUT2D eigenvalue weighted by Crippen LogP contribution is -2.20. The summed E-state index contributed by atoms with van der Waals surface area (Å²) >= 11 is 0. The standard InChI is InChI=1S/C36H40N2O4/c1-22-17-27(18-23(2)34(22)41-31-13-9-29(37-8)10-14-31)36(6,7)28-19-24(3)35(25(4)20-28)42-32-15-11-30(12-16-32)38-33(40)21-26(5)39/h9-20,37H,21H2,1-8H3,(H,38,40). The van der Waals surface area contributed by atoms with E-state index in [2.05, 4.69) is 76.4 Å². The number of amides is 1. The molecule has 6 nitrogen and oxygen atoms in total. The molecule has 6 heteroatoms. The van der Waals surface area contributed by atoms with Crippen molar-refractivity contribution in [3.63, 3.8) is 0 Å². The van der Waals surface area contributed by atoms with Gasteiger partial charge < -0.3 is 20.1 Å². The Morgan fingerprint density at radius 2 is 1.05 bits per heavy atom. The Labute approximate surface area is 249 Å². The quantitative estimate of drug-likeness (QED) is 0.188. The minimum absolute atomic E-state index is 0.137. The third kappa shape index (κ3) is 7.00. The topological polar surface area (TPSA) is 76.7 Å². The highest BCUT2D eigenvalue weighted by Gasteiger charge is 2.26. The fourth-order valence-corrected chi connectivity index (χ4v) is 5.07. The summed E-state index contributed by atoms with van der Waals surface area (Å²) in [6, 6.07) is 23.9. The molecule has 0 bridgehead atoms. The van der Waals surface area contributed by atoms with Crippen LogP contribution >= 0.6 is 0 Å². The van der Waals surface area contributed by atoms with Crippen molar-refractivity contribution in [2.45, 2.75) is 60.3 Å². The maximum absolute atomic E-state index is 11.9. The van der Waals surface area contributed by atoms with Gasteiger partial charge in [-0.15, -0.1) is 0 Å². The van der Waals surface area contributed by atoms with Gasteiger partial charge in [0, 0.05) is 23.8 Å². The van der Waals surface area contributed by atoms with Gasteiger partial charge in [0.1, 0.15) is 28.8 Å². The molecular weight excluding hydrogens is 524 g/mol. The van der Waals surface area contributed by atoms with Gasteiger partial charge in [0.25, 0.3) is 0 Å². The van der Waals surface area contributed by atoms with Crippen molar-refractivity contribution in [3.05, 3.63) is 106 Å². The first-order valence-corrected chi connectivity index (χ1v) is 14.1. The van der Waals surface area contributed by atoms with Crippen molar-refractivity contribution < 1.29 is 19.1 Å². The second kappa shape index (κ2) is 12.5. The van der Waals surface area contributed by atoms with Gasteiger partial charge in [-0.1, -0.05) is 38.1 Å².